The molecule has 4 unspecified atom stereocenters. The quantitative estimate of drug-likeness (QED) is 0.523. The van der Waals surface area contributed by atoms with Crippen LogP contribution < -0.4 is 0 Å². The maximum Gasteiger partial charge on any atom is 0.218 e. The van der Waals surface area contributed by atoms with Gasteiger partial charge in [0.05, 0.1) is 6.04 Å². The van der Waals surface area contributed by atoms with E-state index in [-0.39, 0.29) is 22.6 Å². The number of fused-ring (bicyclic) bond motifs is 2. The Morgan fingerprint density at radius 2 is 2.20 bits per heavy atom. The predicted octanol–water partition coefficient (Wildman–Crippen LogP) is 2.56. The first-order valence-corrected chi connectivity index (χ1v) is 7.01. The van der Waals surface area contributed by atoms with E-state index in [0.29, 0.717) is 17.9 Å². The number of rotatable bonds is 3. The minimum absolute atomic E-state index is 0.0315. The van der Waals surface area contributed by atoms with Crippen molar-refractivity contribution >= 4 is 6.21 Å². The number of nitrogens with zero attached hydrogens (tertiary/aromatic N) is 2. The summed E-state index contributed by atoms with van der Waals surface area (Å²) >= 11 is 0. The van der Waals surface area contributed by atoms with E-state index in [4.69, 9.17) is 0 Å². The first-order chi connectivity index (χ1) is 9.56. The van der Waals surface area contributed by atoms with E-state index >= 15 is 0 Å². The van der Waals surface area contributed by atoms with Crippen molar-refractivity contribution in [2.45, 2.75) is 38.3 Å². The van der Waals surface area contributed by atoms with Crippen LogP contribution in [0.2, 0.25) is 0 Å². The second-order valence-electron chi connectivity index (χ2n) is 5.95. The first-order valence-electron chi connectivity index (χ1n) is 7.01. The van der Waals surface area contributed by atoms with Crippen LogP contribution in [0.1, 0.15) is 30.4 Å². The zero-order chi connectivity index (χ0) is 14.3. The lowest BCUT2D eigenvalue weighted by molar-refractivity contribution is -0.531. The molecule has 0 aromatic heterocycles. The van der Waals surface area contributed by atoms with Crippen molar-refractivity contribution in [1.29, 1.82) is 0 Å². The van der Waals surface area contributed by atoms with Crippen molar-refractivity contribution in [2.24, 2.45) is 16.8 Å². The molecule has 0 spiro atoms. The fourth-order valence-corrected chi connectivity index (χ4v) is 3.65. The molecule has 2 aliphatic carbocycles. The van der Waals surface area contributed by atoms with Gasteiger partial charge >= 0.3 is 0 Å². The van der Waals surface area contributed by atoms with Crippen LogP contribution in [0.3, 0.4) is 0 Å². The molecule has 0 aliphatic heterocycles. The molecule has 2 fully saturated rings. The molecule has 1 aromatic rings. The number of hydrogen-bond donors (Lipinski definition) is 1. The van der Waals surface area contributed by atoms with Crippen LogP contribution in [0.5, 0.6) is 5.75 Å². The number of para-hydroxylation sites is 1. The monoisotopic (exact) mass is 274 g/mol. The maximum absolute atomic E-state index is 11.0. The van der Waals surface area contributed by atoms with E-state index < -0.39 is 6.04 Å². The number of phenols is 1. The Hall–Kier alpha value is -1.91. The van der Waals surface area contributed by atoms with Gasteiger partial charge in [0.15, 0.2) is 0 Å². The van der Waals surface area contributed by atoms with Crippen molar-refractivity contribution in [3.63, 3.8) is 0 Å². The van der Waals surface area contributed by atoms with Crippen LogP contribution >= 0.6 is 0 Å². The van der Waals surface area contributed by atoms with Crippen LogP contribution in [0.4, 0.5) is 0 Å². The largest absolute Gasteiger partial charge is 0.507 e. The summed E-state index contributed by atoms with van der Waals surface area (Å²) in [5, 5.41) is 21.0. The van der Waals surface area contributed by atoms with Gasteiger partial charge in [0.25, 0.3) is 0 Å². The van der Waals surface area contributed by atoms with E-state index in [1.807, 2.05) is 25.1 Å². The van der Waals surface area contributed by atoms with Crippen LogP contribution in [0.15, 0.2) is 23.2 Å². The summed E-state index contributed by atoms with van der Waals surface area (Å²) < 4.78 is 0. The second kappa shape index (κ2) is 4.89. The molecule has 0 radical (unpaired) electrons. The minimum atomic E-state index is -0.429. The predicted molar refractivity (Wildman–Crippen MR) is 75.8 cm³/mol. The van der Waals surface area contributed by atoms with Gasteiger partial charge in [-0.2, -0.15) is 0 Å². The molecular weight excluding hydrogens is 256 g/mol. The van der Waals surface area contributed by atoms with E-state index in [9.17, 15) is 15.2 Å². The number of phenolic OH excluding ortho intramolecular Hbond substituents is 1. The van der Waals surface area contributed by atoms with Gasteiger partial charge in [0.2, 0.25) is 6.04 Å². The van der Waals surface area contributed by atoms with Crippen LogP contribution in [0, 0.1) is 28.9 Å². The zero-order valence-corrected chi connectivity index (χ0v) is 11.4. The fraction of sp³-hybridized carbons (Fsp3) is 0.533. The zero-order valence-electron chi connectivity index (χ0n) is 11.4. The van der Waals surface area contributed by atoms with Crippen molar-refractivity contribution in [3.8, 4) is 5.75 Å². The molecule has 4 atom stereocenters. The number of benzene rings is 1. The van der Waals surface area contributed by atoms with Crippen LogP contribution in [-0.4, -0.2) is 28.3 Å². The molecule has 3 rings (SSSR count). The summed E-state index contributed by atoms with van der Waals surface area (Å²) in [6.07, 6.45) is 4.25. The molecule has 1 aromatic carbocycles. The highest BCUT2D eigenvalue weighted by Crippen LogP contribution is 2.47. The molecule has 2 aliphatic rings. The summed E-state index contributed by atoms with van der Waals surface area (Å²) in [5.74, 6) is 0.757. The van der Waals surface area contributed by atoms with E-state index in [0.717, 1.165) is 18.4 Å². The molecular formula is C15H18N2O3. The molecule has 106 valence electrons. The molecule has 2 bridgehead atoms. The van der Waals surface area contributed by atoms with E-state index in [1.54, 1.807) is 6.21 Å². The summed E-state index contributed by atoms with van der Waals surface area (Å²) in [6, 6.07) is 5.12. The molecule has 20 heavy (non-hydrogen) atoms. The number of aromatic hydroxyl groups is 1. The second-order valence-corrected chi connectivity index (χ2v) is 5.95. The van der Waals surface area contributed by atoms with Crippen molar-refractivity contribution in [1.82, 2.24) is 0 Å². The molecule has 5 nitrogen and oxygen atoms in total. The maximum atomic E-state index is 11.0. The third-order valence-electron chi connectivity index (χ3n) is 4.69. The number of hydrogen-bond acceptors (Lipinski definition) is 4. The Bertz CT molecular complexity index is 570. The number of nitro groups is 1. The minimum Gasteiger partial charge on any atom is -0.507 e. The van der Waals surface area contributed by atoms with Gasteiger partial charge in [-0.3, -0.25) is 15.1 Å². The van der Waals surface area contributed by atoms with Crippen molar-refractivity contribution < 1.29 is 10.0 Å². The highest BCUT2D eigenvalue weighted by molar-refractivity contribution is 5.84. The fourth-order valence-electron chi connectivity index (χ4n) is 3.65. The van der Waals surface area contributed by atoms with Gasteiger partial charge in [-0.1, -0.05) is 12.1 Å². The number of aliphatic imine (C=N–C) groups is 1. The highest BCUT2D eigenvalue weighted by Gasteiger charge is 2.52. The van der Waals surface area contributed by atoms with Crippen LogP contribution in [-0.2, 0) is 0 Å². The molecule has 0 amide bonds. The van der Waals surface area contributed by atoms with Crippen molar-refractivity contribution in [3.05, 3.63) is 39.4 Å². The molecule has 0 saturated heterocycles. The first kappa shape index (κ1) is 13.1. The lowest BCUT2D eigenvalue weighted by atomic mass is 9.91. The SMILES string of the molecule is Cc1cccc(C=NC2CC3CC2C([N+](=O)[O-])C3)c1O. The van der Waals surface area contributed by atoms with Gasteiger partial charge in [-0.15, -0.1) is 0 Å². The lowest BCUT2D eigenvalue weighted by Gasteiger charge is -2.21. The topological polar surface area (TPSA) is 75.7 Å². The van der Waals surface area contributed by atoms with Gasteiger partial charge in [0.1, 0.15) is 5.75 Å². The molecule has 1 N–H and O–H groups in total. The Kier molecular flexibility index (Phi) is 3.20. The average molecular weight is 274 g/mol. The van der Waals surface area contributed by atoms with Gasteiger partial charge in [-0.25, -0.2) is 0 Å². The lowest BCUT2D eigenvalue weighted by Crippen LogP contribution is -2.33. The van der Waals surface area contributed by atoms with Gasteiger partial charge in [0, 0.05) is 29.0 Å². The summed E-state index contributed by atoms with van der Waals surface area (Å²) in [4.78, 5) is 15.4. The normalized spacial score (nSPS) is 32.0. The summed E-state index contributed by atoms with van der Waals surface area (Å²) in [6.45, 7) is 1.84. The Morgan fingerprint density at radius 3 is 2.90 bits per heavy atom. The molecule has 0 heterocycles. The third kappa shape index (κ3) is 2.17. The third-order valence-corrected chi connectivity index (χ3v) is 4.69. The Labute approximate surface area is 117 Å². The molecule has 5 heteroatoms. The highest BCUT2D eigenvalue weighted by atomic mass is 16.6. The van der Waals surface area contributed by atoms with E-state index in [2.05, 4.69) is 4.99 Å². The standard InChI is InChI=1S/C15H18N2O3/c1-9-3-2-4-11(15(9)18)8-16-13-6-10-5-12(13)14(7-10)17(19)20/h2-4,8,10,12-14,18H,5-7H2,1H3. The van der Waals surface area contributed by atoms with Gasteiger partial charge in [-0.05, 0) is 37.3 Å². The Morgan fingerprint density at radius 1 is 1.40 bits per heavy atom. The molecule has 2 saturated carbocycles. The van der Waals surface area contributed by atoms with Crippen molar-refractivity contribution in [2.75, 3.05) is 0 Å². The average Bonchev–Trinajstić information content (AvgIpc) is 3.00. The number of aryl methyl sites for hydroxylation is 1. The summed E-state index contributed by atoms with van der Waals surface area (Å²) in [7, 11) is 0. The summed E-state index contributed by atoms with van der Waals surface area (Å²) in [5.41, 5.74) is 1.50. The Balaban J connectivity index is 1.77. The van der Waals surface area contributed by atoms with Gasteiger partial charge < -0.3 is 5.11 Å². The van der Waals surface area contributed by atoms with E-state index in [1.165, 1.54) is 0 Å². The van der Waals surface area contributed by atoms with Crippen LogP contribution in [0.25, 0.3) is 0 Å². The smallest absolute Gasteiger partial charge is 0.218 e.